The summed E-state index contributed by atoms with van der Waals surface area (Å²) in [6.45, 7) is 5.46. The van der Waals surface area contributed by atoms with Gasteiger partial charge in [-0.3, -0.25) is 28.8 Å². The van der Waals surface area contributed by atoms with E-state index in [-0.39, 0.29) is 45.4 Å². The molecule has 0 saturated heterocycles. The van der Waals surface area contributed by atoms with Gasteiger partial charge in [-0.25, -0.2) is 9.59 Å². The van der Waals surface area contributed by atoms with Crippen molar-refractivity contribution in [3.63, 3.8) is 0 Å². The molecule has 9 N–H and O–H groups in total. The maximum absolute atomic E-state index is 14.3. The Hall–Kier alpha value is -6.98. The molecule has 0 aromatic heterocycles. The average Bonchev–Trinajstić information content (AvgIpc) is 3.25. The molecule has 0 spiro atoms. The first-order valence-corrected chi connectivity index (χ1v) is 21.7. The summed E-state index contributed by atoms with van der Waals surface area (Å²) in [5, 5.41) is 24.8. The summed E-state index contributed by atoms with van der Waals surface area (Å²) in [6, 6.07) is 22.6. The Morgan fingerprint density at radius 1 is 0.569 bits per heavy atom. The second-order valence-electron chi connectivity index (χ2n) is 16.4. The van der Waals surface area contributed by atoms with Gasteiger partial charge in [0.2, 0.25) is 29.5 Å². The number of aliphatic carboxylic acids is 1. The maximum Gasteiger partial charge on any atom is 0.408 e. The first-order chi connectivity index (χ1) is 31.0. The van der Waals surface area contributed by atoms with Gasteiger partial charge >= 0.3 is 18.2 Å². The summed E-state index contributed by atoms with van der Waals surface area (Å²) in [4.78, 5) is 103. The molecular weight excluding hydrogens is 839 g/mol. The minimum absolute atomic E-state index is 0.0179. The molecule has 0 aliphatic rings. The molecule has 0 aliphatic heterocycles. The molecule has 352 valence electrons. The fourth-order valence-electron chi connectivity index (χ4n) is 6.44. The quantitative estimate of drug-likeness (QED) is 0.0405. The lowest BCUT2D eigenvalue weighted by atomic mass is 10.0. The number of primary amides is 1. The van der Waals surface area contributed by atoms with Crippen LogP contribution in [0.25, 0.3) is 0 Å². The predicted octanol–water partition coefficient (Wildman–Crippen LogP) is 3.55. The maximum atomic E-state index is 14.3. The van der Waals surface area contributed by atoms with E-state index in [4.69, 9.17) is 20.3 Å². The molecule has 7 amide bonds. The largest absolute Gasteiger partial charge is 0.481 e. The van der Waals surface area contributed by atoms with Crippen LogP contribution in [0.15, 0.2) is 91.0 Å². The van der Waals surface area contributed by atoms with Crippen LogP contribution in [0.2, 0.25) is 0 Å². The van der Waals surface area contributed by atoms with Crippen molar-refractivity contribution in [2.75, 3.05) is 13.1 Å². The number of benzene rings is 3. The number of carboxylic acid groups (broad SMARTS) is 1. The van der Waals surface area contributed by atoms with Crippen molar-refractivity contribution in [1.82, 2.24) is 31.9 Å². The Morgan fingerprint density at radius 3 is 1.60 bits per heavy atom. The fraction of sp³-hybridized carbons (Fsp3) is 0.447. The Labute approximate surface area is 379 Å². The van der Waals surface area contributed by atoms with Crippen LogP contribution in [-0.4, -0.2) is 95.7 Å². The number of rotatable bonds is 27. The van der Waals surface area contributed by atoms with E-state index in [9.17, 15) is 38.4 Å². The zero-order valence-corrected chi connectivity index (χ0v) is 37.3. The van der Waals surface area contributed by atoms with E-state index >= 15 is 0 Å². The van der Waals surface area contributed by atoms with Gasteiger partial charge in [-0.05, 0) is 88.8 Å². The number of nitrogens with one attached hydrogen (secondary N) is 6. The molecule has 65 heavy (non-hydrogen) atoms. The number of ether oxygens (including phenoxy) is 2. The summed E-state index contributed by atoms with van der Waals surface area (Å²) in [5.74, 6) is -4.84. The zero-order valence-electron chi connectivity index (χ0n) is 37.3. The van der Waals surface area contributed by atoms with Crippen LogP contribution in [-0.2, 0) is 57.7 Å². The van der Waals surface area contributed by atoms with Crippen molar-refractivity contribution >= 4 is 47.7 Å². The lowest BCUT2D eigenvalue weighted by molar-refractivity contribution is -0.140. The van der Waals surface area contributed by atoms with E-state index in [2.05, 4.69) is 31.9 Å². The highest BCUT2D eigenvalue weighted by atomic mass is 16.6. The van der Waals surface area contributed by atoms with Gasteiger partial charge in [0.1, 0.15) is 42.8 Å². The number of alkyl carbamates (subject to hydrolysis) is 2. The number of aryl methyl sites for hydroxylation is 1. The number of hydrogen-bond acceptors (Lipinski definition) is 10. The van der Waals surface area contributed by atoms with Crippen molar-refractivity contribution < 1.29 is 52.9 Å². The van der Waals surface area contributed by atoms with Gasteiger partial charge in [0.05, 0.1) is 0 Å². The number of hydrogen-bond donors (Lipinski definition) is 8. The van der Waals surface area contributed by atoms with Gasteiger partial charge in [-0.2, -0.15) is 0 Å². The van der Waals surface area contributed by atoms with Crippen LogP contribution in [0.3, 0.4) is 0 Å². The molecule has 0 fully saturated rings. The van der Waals surface area contributed by atoms with Crippen molar-refractivity contribution in [2.24, 2.45) is 5.73 Å². The molecule has 3 aromatic rings. The second-order valence-corrected chi connectivity index (χ2v) is 16.4. The van der Waals surface area contributed by atoms with Crippen LogP contribution in [0.1, 0.15) is 88.8 Å². The SMILES string of the molecule is CC(C)(C)OC(=O)N[C@@H](CCCCNC(=O)CC(=O)O)C(=O)N[C@@H](CCc1ccccc1)C(=O)N[C@@H](Cc1ccccc1)C(=O)N[C@@H](CCCCNC(=O)OCc1ccccc1)C(N)=O. The topological polar surface area (TPSA) is 273 Å². The summed E-state index contributed by atoms with van der Waals surface area (Å²) in [5.41, 5.74) is 7.22. The first kappa shape index (κ1) is 52.4. The van der Waals surface area contributed by atoms with Crippen molar-refractivity contribution in [3.8, 4) is 0 Å². The third kappa shape index (κ3) is 22.3. The van der Waals surface area contributed by atoms with Gasteiger partial charge in [0, 0.05) is 19.5 Å². The normalized spacial score (nSPS) is 12.8. The monoisotopic (exact) mass is 901 g/mol. The molecule has 0 bridgehead atoms. The molecule has 3 aromatic carbocycles. The zero-order chi connectivity index (χ0) is 47.6. The molecule has 0 unspecified atom stereocenters. The van der Waals surface area contributed by atoms with Crippen LogP contribution in [0.4, 0.5) is 9.59 Å². The van der Waals surface area contributed by atoms with E-state index in [1.165, 1.54) is 0 Å². The van der Waals surface area contributed by atoms with Crippen LogP contribution in [0, 0.1) is 0 Å². The highest BCUT2D eigenvalue weighted by Crippen LogP contribution is 2.12. The Morgan fingerprint density at radius 2 is 1.05 bits per heavy atom. The minimum atomic E-state index is -1.27. The fourth-order valence-corrected chi connectivity index (χ4v) is 6.44. The van der Waals surface area contributed by atoms with Gasteiger partial charge in [-0.1, -0.05) is 91.0 Å². The van der Waals surface area contributed by atoms with Crippen molar-refractivity contribution in [3.05, 3.63) is 108 Å². The predicted molar refractivity (Wildman–Crippen MR) is 241 cm³/mol. The highest BCUT2D eigenvalue weighted by Gasteiger charge is 2.32. The standard InChI is InChI=1S/C47H63N7O11/c1-47(2,3)65-46(63)54-36(24-14-15-27-49-39(55)30-40(56)57)42(59)52-37(26-25-32-17-7-4-8-18-32)43(60)53-38(29-33-19-9-5-10-20-33)44(61)51-35(41(48)58)23-13-16-28-50-45(62)64-31-34-21-11-6-12-22-34/h4-12,17-22,35-38H,13-16,23-31H2,1-3H3,(H2,48,58)(H,49,55)(H,50,62)(H,51,61)(H,52,59)(H,53,60)(H,54,63)(H,56,57)/t35-,36-,37-,38-/m0/s1. The number of carbonyl (C=O) groups excluding carboxylic acids is 7. The third-order valence-corrected chi connectivity index (χ3v) is 9.74. The van der Waals surface area contributed by atoms with Crippen molar-refractivity contribution in [2.45, 2.75) is 121 Å². The average molecular weight is 902 g/mol. The van der Waals surface area contributed by atoms with Crippen LogP contribution >= 0.6 is 0 Å². The summed E-state index contributed by atoms with van der Waals surface area (Å²) in [7, 11) is 0. The molecule has 3 rings (SSSR count). The van der Waals surface area contributed by atoms with Gasteiger partial charge in [0.25, 0.3) is 0 Å². The van der Waals surface area contributed by atoms with Crippen LogP contribution < -0.4 is 37.6 Å². The van der Waals surface area contributed by atoms with E-state index in [1.54, 1.807) is 51.1 Å². The van der Waals surface area contributed by atoms with Gasteiger partial charge in [-0.15, -0.1) is 0 Å². The minimum Gasteiger partial charge on any atom is -0.481 e. The molecule has 4 atom stereocenters. The molecule has 0 saturated carbocycles. The highest BCUT2D eigenvalue weighted by molar-refractivity contribution is 5.95. The van der Waals surface area contributed by atoms with E-state index < -0.39 is 83.9 Å². The van der Waals surface area contributed by atoms with Crippen LogP contribution in [0.5, 0.6) is 0 Å². The molecule has 0 aliphatic carbocycles. The van der Waals surface area contributed by atoms with E-state index in [0.29, 0.717) is 37.7 Å². The summed E-state index contributed by atoms with van der Waals surface area (Å²) in [6.07, 6.45) is -0.0133. The number of unbranched alkanes of at least 4 members (excludes halogenated alkanes) is 2. The summed E-state index contributed by atoms with van der Waals surface area (Å²) >= 11 is 0. The second kappa shape index (κ2) is 27.9. The molecule has 0 radical (unpaired) electrons. The van der Waals surface area contributed by atoms with E-state index in [1.807, 2.05) is 60.7 Å². The third-order valence-electron chi connectivity index (χ3n) is 9.74. The Kier molecular flexibility index (Phi) is 22.5. The number of amides is 7. The van der Waals surface area contributed by atoms with Crippen molar-refractivity contribution in [1.29, 1.82) is 0 Å². The van der Waals surface area contributed by atoms with Gasteiger partial charge < -0.3 is 52.2 Å². The first-order valence-electron chi connectivity index (χ1n) is 21.7. The molecular formula is C47H63N7O11. The number of nitrogens with two attached hydrogens (primary N) is 1. The Bertz CT molecular complexity index is 2000. The molecule has 0 heterocycles. The number of carboxylic acids is 1. The smallest absolute Gasteiger partial charge is 0.408 e. The molecule has 18 heteroatoms. The summed E-state index contributed by atoms with van der Waals surface area (Å²) < 4.78 is 10.6. The lowest BCUT2D eigenvalue weighted by Gasteiger charge is -2.27. The van der Waals surface area contributed by atoms with Gasteiger partial charge in [0.15, 0.2) is 0 Å². The van der Waals surface area contributed by atoms with E-state index in [0.717, 1.165) is 11.1 Å². The Balaban J connectivity index is 1.74. The lowest BCUT2D eigenvalue weighted by Crippen LogP contribution is -2.58. The number of carbonyl (C=O) groups is 8. The molecule has 18 nitrogen and oxygen atoms in total.